The lowest BCUT2D eigenvalue weighted by atomic mass is 10.00. The highest BCUT2D eigenvalue weighted by atomic mass is 19.1. The van der Waals surface area contributed by atoms with E-state index in [1.807, 2.05) is 0 Å². The molecule has 0 aliphatic carbocycles. The topological polar surface area (TPSA) is 97.0 Å². The number of cyclic esters (lactones) is 1. The first-order chi connectivity index (χ1) is 19.8. The van der Waals surface area contributed by atoms with Crippen LogP contribution in [-0.4, -0.2) is 36.0 Å². The van der Waals surface area contributed by atoms with E-state index in [9.17, 15) is 23.2 Å². The number of ether oxygens (including phenoxy) is 2. The van der Waals surface area contributed by atoms with Crippen LogP contribution in [0.4, 0.5) is 25.0 Å². The summed E-state index contributed by atoms with van der Waals surface area (Å²) >= 11 is 0. The zero-order valence-corrected chi connectivity index (χ0v) is 21.8. The molecular weight excluding hydrogens is 532 g/mol. The van der Waals surface area contributed by atoms with Crippen LogP contribution in [0.2, 0.25) is 0 Å². The van der Waals surface area contributed by atoms with E-state index >= 15 is 0 Å². The minimum Gasteiger partial charge on any atom is -0.496 e. The standard InChI is InChI=1S/C31H25F2N3O5/c1-40-26-5-3-2-4-25(26)29(37)34-23-14-8-20(9-15-23)28-27(30(38)35-24-16-12-22(33)13-17-24)36(31(39)41-28)18-19-6-10-21(32)11-7-19/h2-17,27-28H,18H2,1H3,(H,34,37)(H,35,38)/t27-,28+/m1/s1. The Labute approximate surface area is 234 Å². The Morgan fingerprint density at radius 2 is 1.41 bits per heavy atom. The van der Waals surface area contributed by atoms with Gasteiger partial charge < -0.3 is 20.1 Å². The number of rotatable bonds is 8. The molecule has 3 amide bonds. The summed E-state index contributed by atoms with van der Waals surface area (Å²) < 4.78 is 37.8. The van der Waals surface area contributed by atoms with Crippen molar-refractivity contribution in [1.29, 1.82) is 0 Å². The van der Waals surface area contributed by atoms with Crippen molar-refractivity contribution in [2.45, 2.75) is 18.7 Å². The number of nitrogens with one attached hydrogen (secondary N) is 2. The van der Waals surface area contributed by atoms with Crippen molar-refractivity contribution in [3.8, 4) is 5.75 Å². The lowest BCUT2D eigenvalue weighted by molar-refractivity contribution is -0.121. The first kappa shape index (κ1) is 27.3. The summed E-state index contributed by atoms with van der Waals surface area (Å²) in [6.07, 6.45) is -1.73. The fraction of sp³-hybridized carbons (Fsp3) is 0.129. The second-order valence-corrected chi connectivity index (χ2v) is 9.28. The molecule has 4 aromatic rings. The van der Waals surface area contributed by atoms with Crippen LogP contribution in [0, 0.1) is 11.6 Å². The Balaban J connectivity index is 1.39. The highest BCUT2D eigenvalue weighted by Gasteiger charge is 2.47. The number of hydrogen-bond acceptors (Lipinski definition) is 5. The minimum atomic E-state index is -1.10. The summed E-state index contributed by atoms with van der Waals surface area (Å²) in [4.78, 5) is 40.6. The highest BCUT2D eigenvalue weighted by molar-refractivity contribution is 6.06. The van der Waals surface area contributed by atoms with Crippen LogP contribution in [-0.2, 0) is 16.1 Å². The van der Waals surface area contributed by atoms with Crippen molar-refractivity contribution >= 4 is 29.3 Å². The van der Waals surface area contributed by atoms with E-state index in [0.29, 0.717) is 33.8 Å². The van der Waals surface area contributed by atoms with E-state index in [1.54, 1.807) is 48.5 Å². The second-order valence-electron chi connectivity index (χ2n) is 9.28. The minimum absolute atomic E-state index is 0.00975. The molecule has 41 heavy (non-hydrogen) atoms. The number of para-hydroxylation sites is 1. The molecule has 5 rings (SSSR count). The number of carbonyl (C=O) groups is 3. The van der Waals surface area contributed by atoms with E-state index in [0.717, 1.165) is 0 Å². The molecule has 1 saturated heterocycles. The van der Waals surface area contributed by atoms with Gasteiger partial charge in [-0.3, -0.25) is 14.5 Å². The Bertz CT molecular complexity index is 1560. The van der Waals surface area contributed by atoms with Gasteiger partial charge in [-0.15, -0.1) is 0 Å². The maximum Gasteiger partial charge on any atom is 0.411 e. The molecule has 0 bridgehead atoms. The van der Waals surface area contributed by atoms with Gasteiger partial charge in [0.2, 0.25) is 0 Å². The number of hydrogen-bond donors (Lipinski definition) is 2. The maximum atomic E-state index is 13.5. The van der Waals surface area contributed by atoms with E-state index < -0.39 is 35.8 Å². The Hall–Kier alpha value is -5.25. The average Bonchev–Trinajstić information content (AvgIpc) is 3.31. The van der Waals surface area contributed by atoms with Gasteiger partial charge in [-0.25, -0.2) is 13.6 Å². The van der Waals surface area contributed by atoms with E-state index in [1.165, 1.54) is 60.5 Å². The van der Waals surface area contributed by atoms with Gasteiger partial charge >= 0.3 is 6.09 Å². The number of anilines is 2. The van der Waals surface area contributed by atoms with Gasteiger partial charge in [0, 0.05) is 11.4 Å². The van der Waals surface area contributed by atoms with Gasteiger partial charge in [0.05, 0.1) is 19.2 Å². The molecule has 2 atom stereocenters. The lowest BCUT2D eigenvalue weighted by Crippen LogP contribution is -2.43. The predicted octanol–water partition coefficient (Wildman–Crippen LogP) is 5.93. The third kappa shape index (κ3) is 6.17. The number of nitrogens with zero attached hydrogens (tertiary/aromatic N) is 1. The van der Waals surface area contributed by atoms with E-state index in [4.69, 9.17) is 9.47 Å². The fourth-order valence-electron chi connectivity index (χ4n) is 4.53. The van der Waals surface area contributed by atoms with E-state index in [-0.39, 0.29) is 12.5 Å². The van der Waals surface area contributed by atoms with Crippen molar-refractivity contribution in [1.82, 2.24) is 4.90 Å². The molecule has 1 fully saturated rings. The number of methoxy groups -OCH3 is 1. The molecule has 0 aromatic heterocycles. The summed E-state index contributed by atoms with van der Waals surface area (Å²) in [6, 6.07) is 23.1. The smallest absolute Gasteiger partial charge is 0.411 e. The number of carbonyl (C=O) groups excluding carboxylic acids is 3. The van der Waals surface area contributed by atoms with Gasteiger partial charge in [0.25, 0.3) is 11.8 Å². The van der Waals surface area contributed by atoms with Crippen LogP contribution < -0.4 is 15.4 Å². The summed E-state index contributed by atoms with van der Waals surface area (Å²) in [5.74, 6) is -1.39. The molecule has 0 saturated carbocycles. The molecule has 208 valence electrons. The molecule has 1 aliphatic rings. The van der Waals surface area contributed by atoms with Crippen LogP contribution in [0.1, 0.15) is 27.6 Å². The summed E-state index contributed by atoms with van der Waals surface area (Å²) in [6.45, 7) is -0.00975. The van der Waals surface area contributed by atoms with Crippen molar-refractivity contribution in [2.24, 2.45) is 0 Å². The molecule has 2 N–H and O–H groups in total. The van der Waals surface area contributed by atoms with Gasteiger partial charge in [0.15, 0.2) is 12.1 Å². The summed E-state index contributed by atoms with van der Waals surface area (Å²) in [7, 11) is 1.48. The highest BCUT2D eigenvalue weighted by Crippen LogP contribution is 2.35. The summed E-state index contributed by atoms with van der Waals surface area (Å²) in [5.41, 5.74) is 2.28. The number of amides is 3. The maximum absolute atomic E-state index is 13.5. The lowest BCUT2D eigenvalue weighted by Gasteiger charge is -2.24. The zero-order valence-electron chi connectivity index (χ0n) is 21.8. The molecule has 4 aromatic carbocycles. The average molecular weight is 558 g/mol. The Morgan fingerprint density at radius 3 is 2.07 bits per heavy atom. The first-order valence-electron chi connectivity index (χ1n) is 12.6. The van der Waals surface area contributed by atoms with Gasteiger partial charge in [-0.2, -0.15) is 0 Å². The number of benzene rings is 4. The van der Waals surface area contributed by atoms with Gasteiger partial charge in [-0.1, -0.05) is 36.4 Å². The molecule has 1 aliphatic heterocycles. The molecule has 0 spiro atoms. The van der Waals surface area contributed by atoms with Crippen LogP contribution in [0.25, 0.3) is 0 Å². The zero-order chi connectivity index (χ0) is 28.9. The molecule has 10 heteroatoms. The molecule has 1 heterocycles. The molecular formula is C31H25F2N3O5. The van der Waals surface area contributed by atoms with Gasteiger partial charge in [-0.05, 0) is 71.8 Å². The molecule has 0 unspecified atom stereocenters. The van der Waals surface area contributed by atoms with Crippen molar-refractivity contribution in [2.75, 3.05) is 17.7 Å². The predicted molar refractivity (Wildman–Crippen MR) is 147 cm³/mol. The monoisotopic (exact) mass is 557 g/mol. The normalized spacial score (nSPS) is 16.2. The van der Waals surface area contributed by atoms with Crippen LogP contribution >= 0.6 is 0 Å². The summed E-state index contributed by atoms with van der Waals surface area (Å²) in [5, 5.41) is 5.51. The number of halogens is 2. The van der Waals surface area contributed by atoms with Crippen molar-refractivity contribution < 1.29 is 32.6 Å². The third-order valence-corrected chi connectivity index (χ3v) is 6.58. The molecule has 8 nitrogen and oxygen atoms in total. The van der Waals surface area contributed by atoms with E-state index in [2.05, 4.69) is 10.6 Å². The SMILES string of the molecule is COc1ccccc1C(=O)Nc1ccc([C@@H]2OC(=O)N(Cc3ccc(F)cc3)[C@H]2C(=O)Nc2ccc(F)cc2)cc1. The van der Waals surface area contributed by atoms with Crippen molar-refractivity contribution in [3.05, 3.63) is 125 Å². The fourth-order valence-corrected chi connectivity index (χ4v) is 4.53. The Morgan fingerprint density at radius 1 is 0.829 bits per heavy atom. The first-order valence-corrected chi connectivity index (χ1v) is 12.6. The van der Waals surface area contributed by atoms with Crippen LogP contribution in [0.3, 0.4) is 0 Å². The second kappa shape index (κ2) is 11.9. The molecule has 0 radical (unpaired) electrons. The van der Waals surface area contributed by atoms with Crippen LogP contribution in [0.5, 0.6) is 5.75 Å². The largest absolute Gasteiger partial charge is 0.496 e. The van der Waals surface area contributed by atoms with Gasteiger partial charge in [0.1, 0.15) is 17.4 Å². The third-order valence-electron chi connectivity index (χ3n) is 6.58. The van der Waals surface area contributed by atoms with Crippen molar-refractivity contribution in [3.63, 3.8) is 0 Å². The van der Waals surface area contributed by atoms with Crippen LogP contribution in [0.15, 0.2) is 97.1 Å². The Kier molecular flexibility index (Phi) is 7.91. The quantitative estimate of drug-likeness (QED) is 0.280.